The molecule has 0 bridgehead atoms. The van der Waals surface area contributed by atoms with Crippen LogP contribution in [0.4, 0.5) is 0 Å². The van der Waals surface area contributed by atoms with Gasteiger partial charge in [0.15, 0.2) is 61.6 Å². The predicted molar refractivity (Wildman–Crippen MR) is 155 cm³/mol. The standard InChI is InChI=1S/C30H42O20/c1-12(31)42-19-9-40-29(26(47-17(6)36)22(19)43-13(2)32)50-21-11-41-30(27(48-18(7)37)24(21)45-15(4)34)49-20-10-39-28(38-8)25(46-16(5)35)23(20)44-14(3)33/h19-30H,9-11H2,1-8H3/t19-,20+,21+,22-,23+,24+,25-,26-,27+,28-,29-,30-/m1/s1. The Bertz CT molecular complexity index is 1250. The molecule has 3 aliphatic heterocycles. The van der Waals surface area contributed by atoms with E-state index >= 15 is 0 Å². The van der Waals surface area contributed by atoms with Crippen LogP contribution < -0.4 is 0 Å². The normalized spacial score (nSPS) is 33.9. The van der Waals surface area contributed by atoms with Crippen LogP contribution in [0, 0.1) is 0 Å². The van der Waals surface area contributed by atoms with Crippen LogP contribution in [-0.4, -0.2) is 143 Å². The van der Waals surface area contributed by atoms with E-state index in [4.69, 9.17) is 61.6 Å². The summed E-state index contributed by atoms with van der Waals surface area (Å²) in [5.41, 5.74) is 0. The Hall–Kier alpha value is -3.95. The fourth-order valence-corrected chi connectivity index (χ4v) is 5.51. The van der Waals surface area contributed by atoms with Gasteiger partial charge in [-0.05, 0) is 0 Å². The molecular weight excluding hydrogens is 680 g/mol. The fourth-order valence-electron chi connectivity index (χ4n) is 5.51. The van der Waals surface area contributed by atoms with E-state index in [0.717, 1.165) is 48.5 Å². The second-order valence-corrected chi connectivity index (χ2v) is 11.3. The molecule has 3 aliphatic rings. The molecule has 0 amide bonds. The van der Waals surface area contributed by atoms with Gasteiger partial charge in [-0.15, -0.1) is 0 Å². The molecule has 0 radical (unpaired) electrons. The molecule has 0 unspecified atom stereocenters. The number of esters is 7. The number of ether oxygens (including phenoxy) is 13. The highest BCUT2D eigenvalue weighted by atomic mass is 16.8. The molecule has 0 aromatic carbocycles. The molecule has 0 aliphatic carbocycles. The van der Waals surface area contributed by atoms with Gasteiger partial charge < -0.3 is 61.6 Å². The summed E-state index contributed by atoms with van der Waals surface area (Å²) in [7, 11) is 1.28. The van der Waals surface area contributed by atoms with Crippen molar-refractivity contribution in [2.75, 3.05) is 26.9 Å². The minimum Gasteiger partial charge on any atom is -0.456 e. The molecule has 0 aromatic heterocycles. The Morgan fingerprint density at radius 1 is 0.380 bits per heavy atom. The highest BCUT2D eigenvalue weighted by molar-refractivity contribution is 5.69. The average Bonchev–Trinajstić information content (AvgIpc) is 2.98. The quantitative estimate of drug-likeness (QED) is 0.173. The topological polar surface area (TPSA) is 239 Å². The summed E-state index contributed by atoms with van der Waals surface area (Å²) in [5.74, 6) is -5.58. The van der Waals surface area contributed by atoms with Crippen LogP contribution in [0.5, 0.6) is 0 Å². The van der Waals surface area contributed by atoms with Crippen molar-refractivity contribution in [1.82, 2.24) is 0 Å². The first-order chi connectivity index (χ1) is 23.5. The fraction of sp³-hybridized carbons (Fsp3) is 0.767. The lowest BCUT2D eigenvalue weighted by molar-refractivity contribution is -0.349. The Kier molecular flexibility index (Phi) is 14.8. The predicted octanol–water partition coefficient (Wildman–Crippen LogP) is -1.01. The zero-order chi connectivity index (χ0) is 37.3. The lowest BCUT2D eigenvalue weighted by Gasteiger charge is -2.46. The third kappa shape index (κ3) is 11.3. The number of hydrogen-bond acceptors (Lipinski definition) is 20. The molecule has 12 atom stereocenters. The molecule has 3 heterocycles. The lowest BCUT2D eigenvalue weighted by atomic mass is 10.0. The van der Waals surface area contributed by atoms with Crippen LogP contribution in [0.1, 0.15) is 48.5 Å². The van der Waals surface area contributed by atoms with E-state index in [1.54, 1.807) is 0 Å². The molecule has 0 N–H and O–H groups in total. The van der Waals surface area contributed by atoms with Crippen molar-refractivity contribution in [3.63, 3.8) is 0 Å². The van der Waals surface area contributed by atoms with Gasteiger partial charge in [0.25, 0.3) is 0 Å². The maximum Gasteiger partial charge on any atom is 0.303 e. The molecule has 3 fully saturated rings. The Morgan fingerprint density at radius 2 is 0.640 bits per heavy atom. The van der Waals surface area contributed by atoms with Crippen LogP contribution in [0.15, 0.2) is 0 Å². The minimum atomic E-state index is -1.56. The largest absolute Gasteiger partial charge is 0.456 e. The zero-order valence-corrected chi connectivity index (χ0v) is 28.7. The van der Waals surface area contributed by atoms with Crippen molar-refractivity contribution in [3.8, 4) is 0 Å². The Labute approximate surface area is 286 Å². The SMILES string of the molecule is CO[C@@H]1OC[C@H](O[C@H]2OC[C@H](O[C@H]3OC[C@@H](OC(C)=O)[C@@H](OC(C)=O)[C@H]3OC(C)=O)[C@H](OC(C)=O)[C@@H]2OC(C)=O)[C@H](OC(C)=O)[C@H]1OC(C)=O. The van der Waals surface area contributed by atoms with Gasteiger partial charge in [-0.2, -0.15) is 0 Å². The number of methoxy groups -OCH3 is 1. The van der Waals surface area contributed by atoms with E-state index < -0.39 is 122 Å². The van der Waals surface area contributed by atoms with Crippen LogP contribution in [-0.2, 0) is 95.1 Å². The van der Waals surface area contributed by atoms with Crippen molar-refractivity contribution in [2.24, 2.45) is 0 Å². The van der Waals surface area contributed by atoms with Gasteiger partial charge in [0.2, 0.25) is 0 Å². The van der Waals surface area contributed by atoms with Crippen LogP contribution in [0.25, 0.3) is 0 Å². The number of hydrogen-bond donors (Lipinski definition) is 0. The Morgan fingerprint density at radius 3 is 0.960 bits per heavy atom. The molecule has 50 heavy (non-hydrogen) atoms. The summed E-state index contributed by atoms with van der Waals surface area (Å²) in [4.78, 5) is 84.5. The molecular formula is C30H42O20. The Balaban J connectivity index is 1.94. The van der Waals surface area contributed by atoms with Gasteiger partial charge in [-0.1, -0.05) is 0 Å². The maximum absolute atomic E-state index is 12.3. The van der Waals surface area contributed by atoms with E-state index in [-0.39, 0.29) is 13.2 Å². The minimum absolute atomic E-state index is 0.292. The van der Waals surface area contributed by atoms with Crippen molar-refractivity contribution in [3.05, 3.63) is 0 Å². The summed E-state index contributed by atoms with van der Waals surface area (Å²) in [6, 6.07) is 0. The van der Waals surface area contributed by atoms with E-state index in [9.17, 15) is 33.6 Å². The molecule has 282 valence electrons. The summed E-state index contributed by atoms with van der Waals surface area (Å²) in [6.45, 7) is 6.54. The number of carbonyl (C=O) groups excluding carboxylic acids is 7. The van der Waals surface area contributed by atoms with E-state index in [2.05, 4.69) is 0 Å². The highest BCUT2D eigenvalue weighted by Crippen LogP contribution is 2.33. The van der Waals surface area contributed by atoms with Crippen LogP contribution in [0.3, 0.4) is 0 Å². The second-order valence-electron chi connectivity index (χ2n) is 11.3. The molecule has 0 saturated carbocycles. The molecule has 3 rings (SSSR count). The third-order valence-corrected chi connectivity index (χ3v) is 7.13. The first-order valence-corrected chi connectivity index (χ1v) is 15.4. The summed E-state index contributed by atoms with van der Waals surface area (Å²) in [6.07, 6.45) is -16.5. The van der Waals surface area contributed by atoms with Crippen molar-refractivity contribution in [2.45, 2.75) is 122 Å². The summed E-state index contributed by atoms with van der Waals surface area (Å²) in [5, 5.41) is 0. The maximum atomic E-state index is 12.3. The van der Waals surface area contributed by atoms with Crippen molar-refractivity contribution < 1.29 is 95.1 Å². The third-order valence-electron chi connectivity index (χ3n) is 7.13. The van der Waals surface area contributed by atoms with E-state index in [1.807, 2.05) is 0 Å². The van der Waals surface area contributed by atoms with Gasteiger partial charge in [0.05, 0.1) is 19.8 Å². The lowest BCUT2D eigenvalue weighted by Crippen LogP contribution is -2.64. The molecule has 0 spiro atoms. The molecule has 20 heteroatoms. The van der Waals surface area contributed by atoms with Gasteiger partial charge in [0, 0.05) is 55.6 Å². The summed E-state index contributed by atoms with van der Waals surface area (Å²) >= 11 is 0. The molecule has 3 saturated heterocycles. The smallest absolute Gasteiger partial charge is 0.303 e. The van der Waals surface area contributed by atoms with Gasteiger partial charge in [0.1, 0.15) is 12.2 Å². The zero-order valence-electron chi connectivity index (χ0n) is 28.7. The molecule has 0 aromatic rings. The number of rotatable bonds is 12. The summed E-state index contributed by atoms with van der Waals surface area (Å²) < 4.78 is 72.4. The van der Waals surface area contributed by atoms with Gasteiger partial charge in [-0.3, -0.25) is 33.6 Å². The van der Waals surface area contributed by atoms with E-state index in [1.165, 1.54) is 7.11 Å². The van der Waals surface area contributed by atoms with Gasteiger partial charge in [-0.25, -0.2) is 0 Å². The molecule has 20 nitrogen and oxygen atoms in total. The van der Waals surface area contributed by atoms with Crippen molar-refractivity contribution >= 4 is 41.8 Å². The van der Waals surface area contributed by atoms with Crippen LogP contribution in [0.2, 0.25) is 0 Å². The second kappa shape index (κ2) is 18.3. The van der Waals surface area contributed by atoms with E-state index in [0.29, 0.717) is 0 Å². The highest BCUT2D eigenvalue weighted by Gasteiger charge is 2.54. The van der Waals surface area contributed by atoms with Gasteiger partial charge >= 0.3 is 41.8 Å². The van der Waals surface area contributed by atoms with Crippen LogP contribution >= 0.6 is 0 Å². The monoisotopic (exact) mass is 722 g/mol. The van der Waals surface area contributed by atoms with Crippen molar-refractivity contribution in [1.29, 1.82) is 0 Å². The first-order valence-electron chi connectivity index (χ1n) is 15.4. The average molecular weight is 723 g/mol. The first kappa shape index (κ1) is 40.5. The number of carbonyl (C=O) groups is 7.